The lowest BCUT2D eigenvalue weighted by atomic mass is 9.75. The van der Waals surface area contributed by atoms with Gasteiger partial charge < -0.3 is 10.1 Å². The highest BCUT2D eigenvalue weighted by Crippen LogP contribution is 2.44. The Balaban J connectivity index is 1.75. The summed E-state index contributed by atoms with van der Waals surface area (Å²) in [5.74, 6) is -0.464. The Labute approximate surface area is 179 Å². The third kappa shape index (κ3) is 3.78. The number of carbonyl (C=O) groups is 2. The average molecular weight is 491 g/mol. The molecule has 5 heteroatoms. The number of hydrogen-bond acceptors (Lipinski definition) is 4. The number of rotatable bonds is 3. The Bertz CT molecular complexity index is 864. The lowest BCUT2D eigenvalue weighted by molar-refractivity contribution is -0.146. The molecule has 3 aliphatic rings. The number of ether oxygens (including phenoxy) is 1. The van der Waals surface area contributed by atoms with Crippen molar-refractivity contribution in [1.82, 2.24) is 5.32 Å². The molecule has 0 amide bonds. The molecule has 1 atom stereocenters. The number of dihydropyridines is 1. The van der Waals surface area contributed by atoms with Crippen LogP contribution in [-0.2, 0) is 14.3 Å². The molecule has 4 rings (SSSR count). The molecule has 1 fully saturated rings. The zero-order chi connectivity index (χ0) is 19.7. The maximum atomic E-state index is 13.3. The van der Waals surface area contributed by atoms with E-state index in [0.717, 1.165) is 64.6 Å². The minimum absolute atomic E-state index is 0.00511. The van der Waals surface area contributed by atoms with Gasteiger partial charge in [0, 0.05) is 32.9 Å². The van der Waals surface area contributed by atoms with Gasteiger partial charge in [0.05, 0.1) is 5.57 Å². The molecule has 0 bridgehead atoms. The molecule has 0 radical (unpaired) electrons. The predicted molar refractivity (Wildman–Crippen MR) is 117 cm³/mol. The summed E-state index contributed by atoms with van der Waals surface area (Å²) in [5.41, 5.74) is 4.18. The number of nitrogens with one attached hydrogen (secondary N) is 1. The number of halogens is 1. The third-order valence-electron chi connectivity index (χ3n) is 6.04. The molecular formula is C23H26INO3. The van der Waals surface area contributed by atoms with Crippen LogP contribution in [0.5, 0.6) is 0 Å². The van der Waals surface area contributed by atoms with Crippen molar-refractivity contribution in [2.45, 2.75) is 70.3 Å². The molecule has 1 aromatic carbocycles. The Morgan fingerprint density at radius 3 is 2.61 bits per heavy atom. The second kappa shape index (κ2) is 8.39. The second-order valence-electron chi connectivity index (χ2n) is 7.95. The normalized spacial score (nSPS) is 23.4. The third-order valence-corrected chi connectivity index (χ3v) is 7.02. The van der Waals surface area contributed by atoms with Crippen molar-refractivity contribution in [1.29, 1.82) is 0 Å². The maximum absolute atomic E-state index is 13.3. The molecule has 1 heterocycles. The van der Waals surface area contributed by atoms with Crippen LogP contribution in [0.3, 0.4) is 0 Å². The fourth-order valence-electron chi connectivity index (χ4n) is 4.67. The van der Waals surface area contributed by atoms with Gasteiger partial charge in [0.2, 0.25) is 0 Å². The first-order valence-corrected chi connectivity index (χ1v) is 11.3. The second-order valence-corrected chi connectivity index (χ2v) is 9.11. The summed E-state index contributed by atoms with van der Waals surface area (Å²) in [6, 6.07) is 8.03. The van der Waals surface area contributed by atoms with Crippen LogP contribution in [0.25, 0.3) is 0 Å². The maximum Gasteiger partial charge on any atom is 0.337 e. The monoisotopic (exact) mass is 491 g/mol. The Hall–Kier alpha value is -1.63. The van der Waals surface area contributed by atoms with Gasteiger partial charge in [0.15, 0.2) is 5.78 Å². The minimum atomic E-state index is -0.340. The molecule has 0 spiro atoms. The van der Waals surface area contributed by atoms with E-state index in [1.54, 1.807) is 0 Å². The van der Waals surface area contributed by atoms with Gasteiger partial charge in [-0.3, -0.25) is 4.79 Å². The van der Waals surface area contributed by atoms with E-state index in [2.05, 4.69) is 27.9 Å². The molecule has 1 N–H and O–H groups in total. The molecule has 0 aromatic heterocycles. The summed E-state index contributed by atoms with van der Waals surface area (Å²) in [4.78, 5) is 26.2. The highest BCUT2D eigenvalue weighted by atomic mass is 127. The van der Waals surface area contributed by atoms with Gasteiger partial charge in [-0.05, 0) is 79.7 Å². The van der Waals surface area contributed by atoms with Gasteiger partial charge in [0.1, 0.15) is 6.10 Å². The molecule has 4 nitrogen and oxygen atoms in total. The van der Waals surface area contributed by atoms with Crippen molar-refractivity contribution in [2.75, 3.05) is 0 Å². The summed E-state index contributed by atoms with van der Waals surface area (Å²) in [5, 5.41) is 3.37. The van der Waals surface area contributed by atoms with Crippen molar-refractivity contribution >= 4 is 34.3 Å². The van der Waals surface area contributed by atoms with Crippen LogP contribution in [-0.4, -0.2) is 17.9 Å². The van der Waals surface area contributed by atoms with E-state index < -0.39 is 0 Å². The quantitative estimate of drug-likeness (QED) is 0.471. The minimum Gasteiger partial charge on any atom is -0.459 e. The number of Topliss-reactive ketones (excluding diaryl/α,β-unsaturated/α-hetero) is 1. The van der Waals surface area contributed by atoms with E-state index in [1.165, 1.54) is 6.42 Å². The first-order valence-electron chi connectivity index (χ1n) is 10.3. The SMILES string of the molecule is CC1=C(C(=O)OC2CCCCC2)[C@H](c2ccccc2I)C2=C(CCCC2=O)N1. The molecule has 1 aromatic rings. The highest BCUT2D eigenvalue weighted by Gasteiger charge is 2.40. The number of carbonyl (C=O) groups excluding carboxylic acids is 2. The molecular weight excluding hydrogens is 465 g/mol. The molecule has 148 valence electrons. The van der Waals surface area contributed by atoms with E-state index in [0.29, 0.717) is 12.0 Å². The number of esters is 1. The zero-order valence-electron chi connectivity index (χ0n) is 16.2. The summed E-state index contributed by atoms with van der Waals surface area (Å²) in [6.45, 7) is 1.93. The Morgan fingerprint density at radius 1 is 1.11 bits per heavy atom. The summed E-state index contributed by atoms with van der Waals surface area (Å²) >= 11 is 2.30. The molecule has 28 heavy (non-hydrogen) atoms. The van der Waals surface area contributed by atoms with E-state index >= 15 is 0 Å². The van der Waals surface area contributed by atoms with Crippen LogP contribution < -0.4 is 5.32 Å². The van der Waals surface area contributed by atoms with Crippen LogP contribution in [0.4, 0.5) is 0 Å². The van der Waals surface area contributed by atoms with Crippen molar-refractivity contribution in [3.05, 3.63) is 55.9 Å². The zero-order valence-corrected chi connectivity index (χ0v) is 18.4. The summed E-state index contributed by atoms with van der Waals surface area (Å²) < 4.78 is 7.00. The van der Waals surface area contributed by atoms with Crippen LogP contribution >= 0.6 is 22.6 Å². The fraction of sp³-hybridized carbons (Fsp3) is 0.478. The molecule has 0 saturated heterocycles. The van der Waals surface area contributed by atoms with Crippen molar-refractivity contribution < 1.29 is 14.3 Å². The van der Waals surface area contributed by atoms with Crippen LogP contribution in [0.2, 0.25) is 0 Å². The van der Waals surface area contributed by atoms with Crippen LogP contribution in [0.1, 0.15) is 69.8 Å². The van der Waals surface area contributed by atoms with Gasteiger partial charge >= 0.3 is 5.97 Å². The number of allylic oxidation sites excluding steroid dienone is 3. The topological polar surface area (TPSA) is 55.4 Å². The van der Waals surface area contributed by atoms with Crippen molar-refractivity contribution in [3.63, 3.8) is 0 Å². The number of hydrogen-bond donors (Lipinski definition) is 1. The molecule has 2 aliphatic carbocycles. The van der Waals surface area contributed by atoms with E-state index in [9.17, 15) is 9.59 Å². The van der Waals surface area contributed by atoms with Gasteiger partial charge in [-0.1, -0.05) is 24.6 Å². The standard InChI is InChI=1S/C23H26INO3/c1-14-20(23(27)28-15-8-3-2-4-9-15)21(16-10-5-6-11-17(16)24)22-18(25-14)12-7-13-19(22)26/h5-6,10-11,15,21,25H,2-4,7-9,12-13H2,1H3/t21-/m0/s1. The van der Waals surface area contributed by atoms with E-state index in [1.807, 2.05) is 31.2 Å². The molecule has 1 saturated carbocycles. The Kier molecular flexibility index (Phi) is 5.90. The highest BCUT2D eigenvalue weighted by molar-refractivity contribution is 14.1. The van der Waals surface area contributed by atoms with Gasteiger partial charge in [-0.15, -0.1) is 0 Å². The lowest BCUT2D eigenvalue weighted by Gasteiger charge is -2.35. The average Bonchev–Trinajstić information content (AvgIpc) is 2.68. The largest absolute Gasteiger partial charge is 0.459 e. The predicted octanol–water partition coefficient (Wildman–Crippen LogP) is 5.14. The van der Waals surface area contributed by atoms with Crippen LogP contribution in [0.15, 0.2) is 46.8 Å². The Morgan fingerprint density at radius 2 is 1.86 bits per heavy atom. The molecule has 1 aliphatic heterocycles. The fourth-order valence-corrected chi connectivity index (χ4v) is 5.37. The summed E-state index contributed by atoms with van der Waals surface area (Å²) in [6.07, 6.45) is 7.57. The van der Waals surface area contributed by atoms with E-state index in [-0.39, 0.29) is 23.8 Å². The first kappa shape index (κ1) is 19.7. The van der Waals surface area contributed by atoms with Crippen LogP contribution in [0, 0.1) is 3.57 Å². The van der Waals surface area contributed by atoms with Gasteiger partial charge in [-0.25, -0.2) is 4.79 Å². The first-order chi connectivity index (χ1) is 13.6. The number of benzene rings is 1. The molecule has 0 unspecified atom stereocenters. The number of ketones is 1. The van der Waals surface area contributed by atoms with E-state index in [4.69, 9.17) is 4.74 Å². The van der Waals surface area contributed by atoms with Crippen molar-refractivity contribution in [3.8, 4) is 0 Å². The smallest absolute Gasteiger partial charge is 0.337 e. The van der Waals surface area contributed by atoms with Gasteiger partial charge in [0.25, 0.3) is 0 Å². The van der Waals surface area contributed by atoms with Gasteiger partial charge in [-0.2, -0.15) is 0 Å². The van der Waals surface area contributed by atoms with Crippen molar-refractivity contribution in [2.24, 2.45) is 0 Å². The lowest BCUT2D eigenvalue weighted by Crippen LogP contribution is -2.35. The summed E-state index contributed by atoms with van der Waals surface area (Å²) in [7, 11) is 0.